The van der Waals surface area contributed by atoms with E-state index in [0.29, 0.717) is 0 Å². The molecule has 0 aromatic carbocycles. The average molecular weight is 265 g/mol. The lowest BCUT2D eigenvalue weighted by Gasteiger charge is -2.15. The molecule has 2 heterocycles. The Hall–Kier alpha value is -1.69. The van der Waals surface area contributed by atoms with Crippen molar-refractivity contribution < 1.29 is 9.90 Å². The molecule has 0 spiro atoms. The predicted molar refractivity (Wildman–Crippen MR) is 72.1 cm³/mol. The smallest absolute Gasteiger partial charge is 0.305 e. The first-order chi connectivity index (χ1) is 8.60. The molecule has 0 aliphatic heterocycles. The van der Waals surface area contributed by atoms with Crippen LogP contribution < -0.4 is 5.32 Å². The van der Waals surface area contributed by atoms with Crippen LogP contribution >= 0.6 is 11.3 Å². The van der Waals surface area contributed by atoms with Crippen molar-refractivity contribution in [2.45, 2.75) is 32.7 Å². The van der Waals surface area contributed by atoms with Crippen LogP contribution in [0.4, 0.5) is 5.82 Å². The van der Waals surface area contributed by atoms with Gasteiger partial charge >= 0.3 is 5.97 Å². The summed E-state index contributed by atoms with van der Waals surface area (Å²) in [4.78, 5) is 21.3. The molecular formula is C12H15N3O2S. The Bertz CT molecular complexity index is 567. The van der Waals surface area contributed by atoms with E-state index in [1.165, 1.54) is 11.2 Å². The number of nitrogens with one attached hydrogen (secondary N) is 1. The van der Waals surface area contributed by atoms with E-state index in [1.807, 2.05) is 19.9 Å². The zero-order valence-electron chi connectivity index (χ0n) is 10.3. The van der Waals surface area contributed by atoms with Gasteiger partial charge in [0.1, 0.15) is 17.0 Å². The van der Waals surface area contributed by atoms with Crippen molar-refractivity contribution in [1.82, 2.24) is 9.97 Å². The number of aryl methyl sites for hydroxylation is 1. The van der Waals surface area contributed by atoms with Crippen LogP contribution in [-0.4, -0.2) is 27.1 Å². The van der Waals surface area contributed by atoms with Crippen molar-refractivity contribution in [3.05, 3.63) is 17.3 Å². The first-order valence-corrected chi connectivity index (χ1v) is 6.61. The molecule has 96 valence electrons. The first-order valence-electron chi connectivity index (χ1n) is 5.79. The quantitative estimate of drug-likeness (QED) is 0.869. The summed E-state index contributed by atoms with van der Waals surface area (Å²) in [5.41, 5.74) is 0. The highest BCUT2D eigenvalue weighted by atomic mass is 32.1. The second-order valence-electron chi connectivity index (χ2n) is 4.15. The van der Waals surface area contributed by atoms with Gasteiger partial charge in [0.05, 0.1) is 11.8 Å². The SMILES string of the molecule is CCC(CC(=O)O)Nc1ncnc2sc(C)cc12. The molecule has 0 bridgehead atoms. The first kappa shape index (κ1) is 12.8. The van der Waals surface area contributed by atoms with Gasteiger partial charge in [-0.3, -0.25) is 4.79 Å². The number of thiophene rings is 1. The lowest BCUT2D eigenvalue weighted by atomic mass is 10.1. The maximum atomic E-state index is 10.8. The van der Waals surface area contributed by atoms with Gasteiger partial charge in [-0.25, -0.2) is 9.97 Å². The number of aliphatic carboxylic acids is 1. The van der Waals surface area contributed by atoms with E-state index in [0.717, 1.165) is 22.5 Å². The van der Waals surface area contributed by atoms with Gasteiger partial charge in [-0.2, -0.15) is 0 Å². The monoisotopic (exact) mass is 265 g/mol. The highest BCUT2D eigenvalue weighted by Crippen LogP contribution is 2.28. The molecule has 1 atom stereocenters. The third-order valence-corrected chi connectivity index (χ3v) is 3.67. The van der Waals surface area contributed by atoms with E-state index in [2.05, 4.69) is 15.3 Å². The van der Waals surface area contributed by atoms with Gasteiger partial charge in [0.15, 0.2) is 0 Å². The number of rotatable bonds is 5. The van der Waals surface area contributed by atoms with E-state index in [-0.39, 0.29) is 12.5 Å². The average Bonchev–Trinajstić information content (AvgIpc) is 2.69. The summed E-state index contributed by atoms with van der Waals surface area (Å²) in [5.74, 6) is -0.0846. The number of carbonyl (C=O) groups is 1. The van der Waals surface area contributed by atoms with Gasteiger partial charge in [-0.15, -0.1) is 11.3 Å². The molecule has 18 heavy (non-hydrogen) atoms. The molecule has 6 heteroatoms. The molecule has 2 rings (SSSR count). The largest absolute Gasteiger partial charge is 0.481 e. The summed E-state index contributed by atoms with van der Waals surface area (Å²) in [6.45, 7) is 3.97. The van der Waals surface area contributed by atoms with Crippen LogP contribution in [0.5, 0.6) is 0 Å². The Kier molecular flexibility index (Phi) is 3.76. The summed E-state index contributed by atoms with van der Waals surface area (Å²) in [7, 11) is 0. The third-order valence-electron chi connectivity index (χ3n) is 2.71. The molecule has 2 N–H and O–H groups in total. The molecule has 0 radical (unpaired) electrons. The van der Waals surface area contributed by atoms with E-state index < -0.39 is 5.97 Å². The molecule has 0 aliphatic rings. The van der Waals surface area contributed by atoms with Gasteiger partial charge in [0, 0.05) is 10.9 Å². The standard InChI is InChI=1S/C12H15N3O2S/c1-3-8(5-10(16)17)15-11-9-4-7(2)18-12(9)14-6-13-11/h4,6,8H,3,5H2,1-2H3,(H,16,17)(H,13,14,15). The number of aromatic nitrogens is 2. The fraction of sp³-hybridized carbons (Fsp3) is 0.417. The number of carboxylic acids is 1. The van der Waals surface area contributed by atoms with Gasteiger partial charge in [-0.05, 0) is 19.4 Å². The van der Waals surface area contributed by atoms with E-state index >= 15 is 0 Å². The summed E-state index contributed by atoms with van der Waals surface area (Å²) < 4.78 is 0. The second kappa shape index (κ2) is 5.30. The molecule has 5 nitrogen and oxygen atoms in total. The van der Waals surface area contributed by atoms with Crippen molar-refractivity contribution in [3.63, 3.8) is 0 Å². The Balaban J connectivity index is 2.27. The van der Waals surface area contributed by atoms with Crippen LogP contribution in [0.2, 0.25) is 0 Å². The number of hydrogen-bond acceptors (Lipinski definition) is 5. The molecule has 0 amide bonds. The molecule has 0 fully saturated rings. The summed E-state index contributed by atoms with van der Waals surface area (Å²) in [5, 5.41) is 13.0. The Morgan fingerprint density at radius 1 is 1.56 bits per heavy atom. The number of anilines is 1. The van der Waals surface area contributed by atoms with E-state index in [9.17, 15) is 4.79 Å². The van der Waals surface area contributed by atoms with E-state index in [4.69, 9.17) is 5.11 Å². The summed E-state index contributed by atoms with van der Waals surface area (Å²) >= 11 is 1.61. The van der Waals surface area contributed by atoms with Gasteiger partial charge in [0.2, 0.25) is 0 Å². The number of fused-ring (bicyclic) bond motifs is 1. The highest BCUT2D eigenvalue weighted by molar-refractivity contribution is 7.18. The highest BCUT2D eigenvalue weighted by Gasteiger charge is 2.14. The Morgan fingerprint density at radius 2 is 2.33 bits per heavy atom. The molecular weight excluding hydrogens is 250 g/mol. The van der Waals surface area contributed by atoms with Crippen LogP contribution in [0.3, 0.4) is 0 Å². The Morgan fingerprint density at radius 3 is 3.00 bits per heavy atom. The van der Waals surface area contributed by atoms with Crippen molar-refractivity contribution in [3.8, 4) is 0 Å². The molecule has 0 saturated heterocycles. The number of carboxylic acid groups (broad SMARTS) is 1. The molecule has 2 aromatic heterocycles. The molecule has 2 aromatic rings. The number of hydrogen-bond donors (Lipinski definition) is 2. The zero-order valence-corrected chi connectivity index (χ0v) is 11.1. The molecule has 1 unspecified atom stereocenters. The van der Waals surface area contributed by atoms with Crippen LogP contribution in [0, 0.1) is 6.92 Å². The zero-order chi connectivity index (χ0) is 13.1. The lowest BCUT2D eigenvalue weighted by molar-refractivity contribution is -0.137. The third kappa shape index (κ3) is 2.76. The predicted octanol–water partition coefficient (Wildman–Crippen LogP) is 2.66. The van der Waals surface area contributed by atoms with E-state index in [1.54, 1.807) is 11.3 Å². The van der Waals surface area contributed by atoms with Crippen LogP contribution in [0.1, 0.15) is 24.6 Å². The van der Waals surface area contributed by atoms with Crippen molar-refractivity contribution in [2.75, 3.05) is 5.32 Å². The minimum Gasteiger partial charge on any atom is -0.481 e. The summed E-state index contributed by atoms with van der Waals surface area (Å²) in [6, 6.07) is 1.91. The van der Waals surface area contributed by atoms with Gasteiger partial charge < -0.3 is 10.4 Å². The maximum Gasteiger partial charge on any atom is 0.305 e. The topological polar surface area (TPSA) is 75.1 Å². The van der Waals surface area contributed by atoms with Crippen molar-refractivity contribution in [2.24, 2.45) is 0 Å². The Labute approximate surface area is 109 Å². The second-order valence-corrected chi connectivity index (χ2v) is 5.38. The van der Waals surface area contributed by atoms with Gasteiger partial charge in [-0.1, -0.05) is 6.92 Å². The van der Waals surface area contributed by atoms with Crippen LogP contribution in [0.25, 0.3) is 10.2 Å². The lowest BCUT2D eigenvalue weighted by Crippen LogP contribution is -2.22. The van der Waals surface area contributed by atoms with Crippen LogP contribution in [0.15, 0.2) is 12.4 Å². The summed E-state index contributed by atoms with van der Waals surface area (Å²) in [6.07, 6.45) is 2.33. The van der Waals surface area contributed by atoms with Crippen molar-refractivity contribution in [1.29, 1.82) is 0 Å². The minimum absolute atomic E-state index is 0.0884. The molecule has 0 aliphatic carbocycles. The van der Waals surface area contributed by atoms with Crippen LogP contribution in [-0.2, 0) is 4.79 Å². The molecule has 0 saturated carbocycles. The fourth-order valence-electron chi connectivity index (χ4n) is 1.79. The fourth-order valence-corrected chi connectivity index (χ4v) is 2.64. The normalized spacial score (nSPS) is 12.6. The van der Waals surface area contributed by atoms with Gasteiger partial charge in [0.25, 0.3) is 0 Å². The number of nitrogens with zero attached hydrogens (tertiary/aromatic N) is 2. The van der Waals surface area contributed by atoms with Crippen molar-refractivity contribution >= 4 is 33.3 Å². The maximum absolute atomic E-state index is 10.8. The minimum atomic E-state index is -0.804.